The molecule has 0 aliphatic rings. The van der Waals surface area contributed by atoms with Crippen molar-refractivity contribution in [3.05, 3.63) is 22.3 Å². The predicted octanol–water partition coefficient (Wildman–Crippen LogP) is 6.83. The van der Waals surface area contributed by atoms with Crippen LogP contribution in [0, 0.1) is 0 Å². The van der Waals surface area contributed by atoms with Crippen LogP contribution < -0.4 is 0 Å². The van der Waals surface area contributed by atoms with E-state index in [9.17, 15) is 4.79 Å². The number of carbonyl (C=O) groups is 1. The second-order valence-electron chi connectivity index (χ2n) is 7.91. The van der Waals surface area contributed by atoms with E-state index in [2.05, 4.69) is 27.4 Å². The van der Waals surface area contributed by atoms with Crippen LogP contribution in [0.25, 0.3) is 0 Å². The number of ether oxygens (including phenoxy) is 1. The van der Waals surface area contributed by atoms with Crippen molar-refractivity contribution in [3.63, 3.8) is 0 Å². The third kappa shape index (κ3) is 8.73. The summed E-state index contributed by atoms with van der Waals surface area (Å²) in [4.78, 5) is 13.0. The van der Waals surface area contributed by atoms with Crippen molar-refractivity contribution in [2.24, 2.45) is 0 Å². The van der Waals surface area contributed by atoms with Gasteiger partial charge in [0.1, 0.15) is 0 Å². The van der Waals surface area contributed by atoms with Gasteiger partial charge in [-0.1, -0.05) is 0 Å². The molecule has 0 amide bonds. The molecule has 3 heteroatoms. The predicted molar refractivity (Wildman–Crippen MR) is 109 cm³/mol. The number of unbranched alkanes of at least 4 members (excludes halogenated alkanes) is 3. The van der Waals surface area contributed by atoms with Crippen LogP contribution in [0.1, 0.15) is 80.1 Å². The Morgan fingerprint density at radius 1 is 0.958 bits per heavy atom. The molecule has 0 N–H and O–H groups in total. The molecule has 140 valence electrons. The molecule has 0 unspecified atom stereocenters. The molecule has 24 heavy (non-hydrogen) atoms. The van der Waals surface area contributed by atoms with Crippen molar-refractivity contribution in [1.29, 1.82) is 0 Å². The van der Waals surface area contributed by atoms with Crippen LogP contribution >= 0.6 is 0 Å². The Hall–Kier alpha value is -0.251. The van der Waals surface area contributed by atoms with Crippen LogP contribution in [0.5, 0.6) is 0 Å². The van der Waals surface area contributed by atoms with E-state index in [4.69, 9.17) is 4.74 Å². The molecule has 0 aromatic rings. The van der Waals surface area contributed by atoms with Crippen LogP contribution in [-0.2, 0) is 9.53 Å². The van der Waals surface area contributed by atoms with E-state index in [0.717, 1.165) is 3.59 Å². The zero-order valence-corrected chi connectivity index (χ0v) is 19.9. The van der Waals surface area contributed by atoms with E-state index in [1.807, 2.05) is 26.8 Å². The first-order valence-corrected chi connectivity index (χ1v) is 17.3. The molecule has 0 spiro atoms. The number of rotatable bonds is 12. The van der Waals surface area contributed by atoms with Gasteiger partial charge in [-0.15, -0.1) is 0 Å². The molecule has 0 saturated heterocycles. The molecule has 0 heterocycles. The first-order valence-electron chi connectivity index (χ1n) is 9.82. The van der Waals surface area contributed by atoms with E-state index in [1.165, 1.54) is 51.8 Å². The Balaban J connectivity index is 5.78. The van der Waals surface area contributed by atoms with Crippen LogP contribution in [0.15, 0.2) is 22.3 Å². The number of allylic oxidation sites excluding steroid dienone is 2. The Bertz CT molecular complexity index is 383. The summed E-state index contributed by atoms with van der Waals surface area (Å²) in [5, 5.41) is 0. The van der Waals surface area contributed by atoms with Gasteiger partial charge < -0.3 is 0 Å². The van der Waals surface area contributed by atoms with Gasteiger partial charge in [0.15, 0.2) is 0 Å². The van der Waals surface area contributed by atoms with E-state index >= 15 is 0 Å². The summed E-state index contributed by atoms with van der Waals surface area (Å²) < 4.78 is 10.6. The SMILES string of the molecule is C=C/C=[C](/C(=O)OC(C)(C)C)[Sn]([CH2]CCC)([CH2]CCC)[CH2]CCC. The summed E-state index contributed by atoms with van der Waals surface area (Å²) in [6, 6.07) is 0. The van der Waals surface area contributed by atoms with Crippen LogP contribution in [0.2, 0.25) is 13.3 Å². The van der Waals surface area contributed by atoms with Crippen molar-refractivity contribution >= 4 is 24.3 Å². The zero-order valence-electron chi connectivity index (χ0n) is 17.0. The topological polar surface area (TPSA) is 26.3 Å². The minimum absolute atomic E-state index is 0.0680. The maximum absolute atomic E-state index is 13.0. The number of hydrogen-bond donors (Lipinski definition) is 0. The average molecular weight is 443 g/mol. The van der Waals surface area contributed by atoms with Gasteiger partial charge in [-0.3, -0.25) is 0 Å². The Labute approximate surface area is 155 Å². The number of hydrogen-bond acceptors (Lipinski definition) is 2. The van der Waals surface area contributed by atoms with Crippen molar-refractivity contribution < 1.29 is 9.53 Å². The number of esters is 1. The van der Waals surface area contributed by atoms with Gasteiger partial charge in [0.25, 0.3) is 0 Å². The van der Waals surface area contributed by atoms with Crippen LogP contribution in [-0.4, -0.2) is 29.9 Å². The fourth-order valence-corrected chi connectivity index (χ4v) is 19.2. The van der Waals surface area contributed by atoms with Gasteiger partial charge in [-0.25, -0.2) is 0 Å². The summed E-state index contributed by atoms with van der Waals surface area (Å²) in [5.74, 6) is -0.0680. The monoisotopic (exact) mass is 444 g/mol. The molecule has 2 nitrogen and oxygen atoms in total. The molecule has 0 aliphatic heterocycles. The Morgan fingerprint density at radius 2 is 1.38 bits per heavy atom. The quantitative estimate of drug-likeness (QED) is 0.143. The molecule has 0 bridgehead atoms. The summed E-state index contributed by atoms with van der Waals surface area (Å²) in [7, 11) is 0. The maximum atomic E-state index is 13.0. The standard InChI is InChI=1S/C9H13O2.3C4H9.Sn/c1-5-6-7-8(10)11-9(2,3)4;3*1-3-4-2;/h5-6H,1H2,2-4H3;3*1,3-4H2,2H3;. The molecule has 0 aromatic carbocycles. The average Bonchev–Trinajstić information content (AvgIpc) is 2.51. The molecule has 0 radical (unpaired) electrons. The molecular weight excluding hydrogens is 403 g/mol. The molecule has 0 rings (SSSR count). The molecule has 0 aromatic heterocycles. The summed E-state index contributed by atoms with van der Waals surface area (Å²) in [6.07, 6.45) is 11.1. The first-order chi connectivity index (χ1) is 11.3. The van der Waals surface area contributed by atoms with E-state index in [-0.39, 0.29) is 5.97 Å². The van der Waals surface area contributed by atoms with Gasteiger partial charge in [-0.2, -0.15) is 0 Å². The molecule has 0 aliphatic carbocycles. The van der Waals surface area contributed by atoms with Crippen LogP contribution in [0.3, 0.4) is 0 Å². The van der Waals surface area contributed by atoms with Crippen molar-refractivity contribution in [2.75, 3.05) is 0 Å². The third-order valence-corrected chi connectivity index (χ3v) is 20.0. The molecular formula is C21H40O2Sn. The van der Waals surface area contributed by atoms with E-state index < -0.39 is 24.0 Å². The van der Waals surface area contributed by atoms with Gasteiger partial charge in [0, 0.05) is 0 Å². The van der Waals surface area contributed by atoms with E-state index in [1.54, 1.807) is 6.08 Å². The van der Waals surface area contributed by atoms with Crippen molar-refractivity contribution in [3.8, 4) is 0 Å². The third-order valence-electron chi connectivity index (χ3n) is 4.50. The molecule has 0 saturated carbocycles. The molecule has 0 atom stereocenters. The van der Waals surface area contributed by atoms with Gasteiger partial charge in [-0.05, 0) is 0 Å². The minimum atomic E-state index is -2.77. The van der Waals surface area contributed by atoms with Crippen molar-refractivity contribution in [1.82, 2.24) is 0 Å². The zero-order chi connectivity index (χ0) is 18.6. The summed E-state index contributed by atoms with van der Waals surface area (Å²) in [5.41, 5.74) is -0.435. The normalized spacial score (nSPS) is 13.0. The van der Waals surface area contributed by atoms with Gasteiger partial charge in [0.05, 0.1) is 0 Å². The van der Waals surface area contributed by atoms with Crippen molar-refractivity contribution in [2.45, 2.75) is 99.0 Å². The number of carbonyl (C=O) groups excluding carboxylic acids is 1. The molecule has 0 fully saturated rings. The second-order valence-corrected chi connectivity index (χ2v) is 21.0. The van der Waals surface area contributed by atoms with E-state index in [0.29, 0.717) is 0 Å². The van der Waals surface area contributed by atoms with Crippen LogP contribution in [0.4, 0.5) is 0 Å². The Kier molecular flexibility index (Phi) is 12.0. The summed E-state index contributed by atoms with van der Waals surface area (Å²) in [6.45, 7) is 16.5. The van der Waals surface area contributed by atoms with Gasteiger partial charge in [0.2, 0.25) is 0 Å². The fraction of sp³-hybridized carbons (Fsp3) is 0.762. The van der Waals surface area contributed by atoms with Gasteiger partial charge >= 0.3 is 155 Å². The fourth-order valence-electron chi connectivity index (χ4n) is 3.24. The summed E-state index contributed by atoms with van der Waals surface area (Å²) >= 11 is -2.77. The first kappa shape index (κ1) is 23.7. The Morgan fingerprint density at radius 3 is 1.67 bits per heavy atom. The second kappa shape index (κ2) is 12.2.